The average Bonchev–Trinajstić information content (AvgIpc) is 2.03. The highest BCUT2D eigenvalue weighted by molar-refractivity contribution is 8.12. The monoisotopic (exact) mass is 208 g/mol. The molecule has 6 heteroatoms. The number of hydrogen-bond donors (Lipinski definition) is 2. The molecular weight excluding hydrogens is 196 g/mol. The average molecular weight is 208 g/mol. The molecule has 0 saturated heterocycles. The van der Waals surface area contributed by atoms with E-state index in [4.69, 9.17) is 10.8 Å². The summed E-state index contributed by atoms with van der Waals surface area (Å²) in [7, 11) is 1.03. The second-order valence-corrected chi connectivity index (χ2v) is 3.22. The van der Waals surface area contributed by atoms with Gasteiger partial charge in [0.2, 0.25) is 0 Å². The van der Waals surface area contributed by atoms with Gasteiger partial charge in [0.1, 0.15) is 6.04 Å². The van der Waals surface area contributed by atoms with Gasteiger partial charge in [0.15, 0.2) is 0 Å². The van der Waals surface area contributed by atoms with Gasteiger partial charge in [0, 0.05) is 21.3 Å². The van der Waals surface area contributed by atoms with Crippen LogP contribution in [0.4, 0.5) is 0 Å². The van der Waals surface area contributed by atoms with Crippen molar-refractivity contribution in [2.24, 2.45) is 10.1 Å². The zero-order valence-electron chi connectivity index (χ0n) is 6.60. The molecule has 0 rings (SSSR count). The van der Waals surface area contributed by atoms with E-state index in [1.165, 1.54) is 0 Å². The van der Waals surface area contributed by atoms with Gasteiger partial charge in [-0.2, -0.15) is 0 Å². The van der Waals surface area contributed by atoms with Crippen molar-refractivity contribution in [3.63, 3.8) is 0 Å². The summed E-state index contributed by atoms with van der Waals surface area (Å²) < 4.78 is 3.86. The van der Waals surface area contributed by atoms with Gasteiger partial charge in [-0.1, -0.05) is 0 Å². The van der Waals surface area contributed by atoms with Crippen LogP contribution >= 0.6 is 0 Å². The van der Waals surface area contributed by atoms with Crippen molar-refractivity contribution in [2.45, 2.75) is 25.3 Å². The van der Waals surface area contributed by atoms with Crippen LogP contribution in [0.5, 0.6) is 0 Å². The second kappa shape index (κ2) is 7.33. The Hall–Kier alpha value is -0.330. The van der Waals surface area contributed by atoms with E-state index in [0.717, 1.165) is 23.0 Å². The minimum absolute atomic E-state index is 0.507. The third kappa shape index (κ3) is 6.38. The summed E-state index contributed by atoms with van der Waals surface area (Å²) in [6.45, 7) is 0.681. The van der Waals surface area contributed by atoms with Gasteiger partial charge >= 0.3 is 5.97 Å². The van der Waals surface area contributed by atoms with E-state index in [1.54, 1.807) is 0 Å². The zero-order chi connectivity index (χ0) is 9.40. The number of nitrogens with zero attached hydrogens (tertiary/aromatic N) is 1. The molecular formula is C6H12N2O2S2. The zero-order valence-corrected chi connectivity index (χ0v) is 8.24. The van der Waals surface area contributed by atoms with Gasteiger partial charge in [0.25, 0.3) is 0 Å². The molecule has 70 valence electrons. The van der Waals surface area contributed by atoms with Crippen LogP contribution in [-0.4, -0.2) is 23.7 Å². The van der Waals surface area contributed by atoms with Crippen LogP contribution in [-0.2, 0) is 26.1 Å². The third-order valence-electron chi connectivity index (χ3n) is 1.38. The fourth-order valence-electron chi connectivity index (χ4n) is 0.701. The molecule has 1 atom stereocenters. The molecule has 0 aromatic rings. The fourth-order valence-corrected chi connectivity index (χ4v) is 1.13. The van der Waals surface area contributed by atoms with Crippen LogP contribution in [0.1, 0.15) is 19.3 Å². The molecule has 0 radical (unpaired) electrons. The molecule has 0 aliphatic heterocycles. The van der Waals surface area contributed by atoms with Crippen molar-refractivity contribution in [3.8, 4) is 0 Å². The van der Waals surface area contributed by atoms with Crippen LogP contribution in [0.15, 0.2) is 4.36 Å². The molecule has 0 heterocycles. The first kappa shape index (κ1) is 11.7. The summed E-state index contributed by atoms with van der Waals surface area (Å²) in [4.78, 5) is 10.2. The first-order valence-corrected chi connectivity index (χ1v) is 5.32. The molecule has 12 heavy (non-hydrogen) atoms. The Kier molecular flexibility index (Phi) is 7.12. The molecule has 0 aromatic carbocycles. The predicted molar refractivity (Wildman–Crippen MR) is 51.5 cm³/mol. The summed E-state index contributed by atoms with van der Waals surface area (Å²) >= 11 is 4.53. The maximum absolute atomic E-state index is 10.2. The van der Waals surface area contributed by atoms with Gasteiger partial charge in [-0.15, -0.1) is 0 Å². The van der Waals surface area contributed by atoms with E-state index in [0.29, 0.717) is 13.0 Å². The Morgan fingerprint density at radius 2 is 2.33 bits per heavy atom. The van der Waals surface area contributed by atoms with Crippen molar-refractivity contribution < 1.29 is 9.90 Å². The lowest BCUT2D eigenvalue weighted by Crippen LogP contribution is -2.29. The predicted octanol–water partition coefficient (Wildman–Crippen LogP) is 0.297. The molecule has 0 fully saturated rings. The maximum atomic E-state index is 10.2. The van der Waals surface area contributed by atoms with E-state index in [2.05, 4.69) is 15.6 Å². The van der Waals surface area contributed by atoms with Crippen LogP contribution in [0, 0.1) is 0 Å². The number of rotatable bonds is 6. The SMILES string of the molecule is NC(CCCCN=S=S)C(=O)O. The van der Waals surface area contributed by atoms with E-state index >= 15 is 0 Å². The number of carboxylic acid groups (broad SMARTS) is 1. The number of hydrogen-bond acceptors (Lipinski definition) is 4. The highest BCUT2D eigenvalue weighted by Crippen LogP contribution is 1.98. The molecule has 0 bridgehead atoms. The Balaban J connectivity index is 3.31. The van der Waals surface area contributed by atoms with Crippen molar-refractivity contribution in [1.29, 1.82) is 0 Å². The molecule has 0 amide bonds. The quantitative estimate of drug-likeness (QED) is 0.615. The molecule has 0 aromatic heterocycles. The van der Waals surface area contributed by atoms with Gasteiger partial charge in [-0.25, -0.2) is 4.36 Å². The number of carbonyl (C=O) groups is 1. The highest BCUT2D eigenvalue weighted by atomic mass is 32.8. The van der Waals surface area contributed by atoms with Gasteiger partial charge in [-0.05, 0) is 19.3 Å². The fraction of sp³-hybridized carbons (Fsp3) is 0.833. The summed E-state index contributed by atoms with van der Waals surface area (Å²) in [5.74, 6) is -0.940. The minimum atomic E-state index is -0.940. The first-order valence-electron chi connectivity index (χ1n) is 3.62. The van der Waals surface area contributed by atoms with Crippen LogP contribution in [0.25, 0.3) is 0 Å². The lowest BCUT2D eigenvalue weighted by Gasteiger charge is -2.03. The molecule has 1 unspecified atom stereocenters. The van der Waals surface area contributed by atoms with Crippen molar-refractivity contribution >= 4 is 27.3 Å². The summed E-state index contributed by atoms with van der Waals surface area (Å²) in [5.41, 5.74) is 5.28. The Labute approximate surface area is 79.5 Å². The highest BCUT2D eigenvalue weighted by Gasteiger charge is 2.09. The Morgan fingerprint density at radius 1 is 1.67 bits per heavy atom. The Bertz CT molecular complexity index is 192. The number of carboxylic acids is 1. The number of unbranched alkanes of at least 4 members (excludes halogenated alkanes) is 1. The normalized spacial score (nSPS) is 12.1. The van der Waals surface area contributed by atoms with E-state index < -0.39 is 12.0 Å². The molecule has 0 spiro atoms. The van der Waals surface area contributed by atoms with Crippen LogP contribution < -0.4 is 5.73 Å². The van der Waals surface area contributed by atoms with E-state index in [9.17, 15) is 4.79 Å². The molecule has 0 saturated carbocycles. The van der Waals surface area contributed by atoms with E-state index in [-0.39, 0.29) is 0 Å². The lowest BCUT2D eigenvalue weighted by molar-refractivity contribution is -0.138. The topological polar surface area (TPSA) is 75.7 Å². The maximum Gasteiger partial charge on any atom is 0.320 e. The van der Waals surface area contributed by atoms with E-state index in [1.807, 2.05) is 0 Å². The summed E-state index contributed by atoms with van der Waals surface area (Å²) in [6.07, 6.45) is 2.14. The summed E-state index contributed by atoms with van der Waals surface area (Å²) in [5, 5.41) is 8.42. The smallest absolute Gasteiger partial charge is 0.320 e. The number of nitrogens with two attached hydrogens (primary N) is 1. The molecule has 4 nitrogen and oxygen atoms in total. The Morgan fingerprint density at radius 3 is 2.83 bits per heavy atom. The molecule has 3 N–H and O–H groups in total. The molecule has 0 aliphatic carbocycles. The van der Waals surface area contributed by atoms with Crippen LogP contribution in [0.3, 0.4) is 0 Å². The van der Waals surface area contributed by atoms with Gasteiger partial charge in [0.05, 0.1) is 6.54 Å². The standard InChI is InChI=1S/C6H12N2O2S2/c7-5(6(9)10)3-1-2-4-8-12-11/h5H,1-4,7H2,(H,9,10). The van der Waals surface area contributed by atoms with Gasteiger partial charge < -0.3 is 10.8 Å². The minimum Gasteiger partial charge on any atom is -0.480 e. The number of aliphatic carboxylic acids is 1. The van der Waals surface area contributed by atoms with Crippen molar-refractivity contribution in [3.05, 3.63) is 0 Å². The summed E-state index contributed by atoms with van der Waals surface area (Å²) in [6, 6.07) is -0.735. The molecule has 0 aliphatic rings. The second-order valence-electron chi connectivity index (χ2n) is 2.37. The van der Waals surface area contributed by atoms with Crippen molar-refractivity contribution in [1.82, 2.24) is 0 Å². The van der Waals surface area contributed by atoms with Crippen LogP contribution in [0.2, 0.25) is 0 Å². The first-order chi connectivity index (χ1) is 5.68. The third-order valence-corrected chi connectivity index (χ3v) is 1.99. The lowest BCUT2D eigenvalue weighted by atomic mass is 10.1. The largest absolute Gasteiger partial charge is 0.480 e. The van der Waals surface area contributed by atoms with Crippen molar-refractivity contribution in [2.75, 3.05) is 6.54 Å². The van der Waals surface area contributed by atoms with Gasteiger partial charge in [-0.3, -0.25) is 4.79 Å².